The van der Waals surface area contributed by atoms with Crippen LogP contribution in [0.2, 0.25) is 0 Å². The lowest BCUT2D eigenvalue weighted by atomic mass is 10.3. The molecule has 0 heterocycles. The van der Waals surface area contributed by atoms with Crippen LogP contribution >= 0.6 is 0 Å². The van der Waals surface area contributed by atoms with E-state index in [0.717, 1.165) is 6.42 Å². The Hall–Kier alpha value is -0.670. The highest BCUT2D eigenvalue weighted by Crippen LogP contribution is 2.05. The predicted molar refractivity (Wildman–Crippen MR) is 46.7 cm³/mol. The van der Waals surface area contributed by atoms with Crippen LogP contribution in [-0.4, -0.2) is 25.8 Å². The molecule has 0 bridgehead atoms. The number of nitriles is 1. The van der Waals surface area contributed by atoms with Gasteiger partial charge in [-0.1, -0.05) is 17.2 Å². The Labute approximate surface area is 78.3 Å². The summed E-state index contributed by atoms with van der Waals surface area (Å²) in [5.74, 6) is 0. The molecule has 0 radical (unpaired) electrons. The van der Waals surface area contributed by atoms with E-state index in [2.05, 4.69) is 0 Å². The van der Waals surface area contributed by atoms with Gasteiger partial charge in [0.1, 0.15) is 0 Å². The average molecular weight is 208 g/mol. The molecule has 0 amide bonds. The molecule has 0 aromatic carbocycles. The third-order valence-electron chi connectivity index (χ3n) is 1.54. The van der Waals surface area contributed by atoms with Crippen molar-refractivity contribution in [3.05, 3.63) is 0 Å². The SMILES string of the molecule is CCCCN(CCC#N)S(=O)(=O)F. The first-order chi connectivity index (χ1) is 6.02. The van der Waals surface area contributed by atoms with Crippen LogP contribution in [0.3, 0.4) is 0 Å². The third kappa shape index (κ3) is 5.55. The summed E-state index contributed by atoms with van der Waals surface area (Å²) in [4.78, 5) is 0. The first-order valence-electron chi connectivity index (χ1n) is 4.09. The Morgan fingerprint density at radius 1 is 1.46 bits per heavy atom. The Morgan fingerprint density at radius 3 is 2.46 bits per heavy atom. The van der Waals surface area contributed by atoms with Crippen molar-refractivity contribution in [1.82, 2.24) is 4.31 Å². The molecule has 0 atom stereocenters. The van der Waals surface area contributed by atoms with Gasteiger partial charge in [-0.3, -0.25) is 0 Å². The first-order valence-corrected chi connectivity index (χ1v) is 5.43. The van der Waals surface area contributed by atoms with Crippen molar-refractivity contribution in [1.29, 1.82) is 5.26 Å². The predicted octanol–water partition coefficient (Wildman–Crippen LogP) is 1.22. The van der Waals surface area contributed by atoms with Crippen LogP contribution < -0.4 is 0 Å². The maximum absolute atomic E-state index is 12.5. The lowest BCUT2D eigenvalue weighted by Gasteiger charge is -2.14. The summed E-state index contributed by atoms with van der Waals surface area (Å²) < 4.78 is 34.2. The Balaban J connectivity index is 4.14. The highest BCUT2D eigenvalue weighted by Gasteiger charge is 2.19. The van der Waals surface area contributed by atoms with Gasteiger partial charge >= 0.3 is 10.4 Å². The zero-order valence-corrected chi connectivity index (χ0v) is 8.35. The van der Waals surface area contributed by atoms with Crippen molar-refractivity contribution in [3.8, 4) is 6.07 Å². The Bertz CT molecular complexity index is 271. The van der Waals surface area contributed by atoms with E-state index in [1.165, 1.54) is 0 Å². The molecule has 0 aliphatic carbocycles. The fraction of sp³-hybridized carbons (Fsp3) is 0.857. The summed E-state index contributed by atoms with van der Waals surface area (Å²) in [6.45, 7) is 1.97. The van der Waals surface area contributed by atoms with Crippen LogP contribution in [0, 0.1) is 11.3 Å². The van der Waals surface area contributed by atoms with Gasteiger partial charge in [0.25, 0.3) is 0 Å². The third-order valence-corrected chi connectivity index (χ3v) is 2.52. The van der Waals surface area contributed by atoms with Gasteiger partial charge in [-0.25, -0.2) is 0 Å². The second-order valence-electron chi connectivity index (χ2n) is 2.60. The van der Waals surface area contributed by atoms with Gasteiger partial charge in [0, 0.05) is 19.5 Å². The molecule has 0 aliphatic rings. The fourth-order valence-corrected chi connectivity index (χ4v) is 1.50. The van der Waals surface area contributed by atoms with Crippen LogP contribution in [0.15, 0.2) is 0 Å². The van der Waals surface area contributed by atoms with Crippen molar-refractivity contribution in [3.63, 3.8) is 0 Å². The zero-order chi connectivity index (χ0) is 10.3. The summed E-state index contributed by atoms with van der Waals surface area (Å²) in [7, 11) is -4.63. The minimum Gasteiger partial charge on any atom is -0.198 e. The fourth-order valence-electron chi connectivity index (χ4n) is 0.839. The van der Waals surface area contributed by atoms with Crippen molar-refractivity contribution in [2.75, 3.05) is 13.1 Å². The van der Waals surface area contributed by atoms with Gasteiger partial charge in [-0.05, 0) is 6.42 Å². The molecule has 76 valence electrons. The molecule has 0 fully saturated rings. The topological polar surface area (TPSA) is 61.2 Å². The molecule has 13 heavy (non-hydrogen) atoms. The second kappa shape index (κ2) is 5.89. The van der Waals surface area contributed by atoms with Crippen molar-refractivity contribution < 1.29 is 12.3 Å². The largest absolute Gasteiger partial charge is 0.374 e. The van der Waals surface area contributed by atoms with Gasteiger partial charge in [0.15, 0.2) is 0 Å². The molecule has 0 aromatic rings. The summed E-state index contributed by atoms with van der Waals surface area (Å²) in [6, 6.07) is 1.77. The van der Waals surface area contributed by atoms with Crippen molar-refractivity contribution in [2.45, 2.75) is 26.2 Å². The Morgan fingerprint density at radius 2 is 2.08 bits per heavy atom. The van der Waals surface area contributed by atoms with E-state index in [0.29, 0.717) is 10.7 Å². The van der Waals surface area contributed by atoms with E-state index < -0.39 is 10.4 Å². The maximum Gasteiger partial charge on any atom is 0.374 e. The van der Waals surface area contributed by atoms with Crippen LogP contribution in [0.5, 0.6) is 0 Å². The molecule has 0 saturated heterocycles. The van der Waals surface area contributed by atoms with Gasteiger partial charge in [0.2, 0.25) is 0 Å². The van der Waals surface area contributed by atoms with Gasteiger partial charge in [-0.15, -0.1) is 0 Å². The molecule has 0 saturated carbocycles. The number of hydrogen-bond donors (Lipinski definition) is 0. The number of rotatable bonds is 6. The average Bonchev–Trinajstić information content (AvgIpc) is 2.02. The quantitative estimate of drug-likeness (QED) is 0.616. The number of unbranched alkanes of at least 4 members (excludes halogenated alkanes) is 1. The van der Waals surface area contributed by atoms with Crippen LogP contribution in [0.25, 0.3) is 0 Å². The molecule has 0 N–H and O–H groups in total. The highest BCUT2D eigenvalue weighted by atomic mass is 32.3. The molecule has 4 nitrogen and oxygen atoms in total. The molecule has 0 spiro atoms. The van der Waals surface area contributed by atoms with Crippen LogP contribution in [-0.2, 0) is 10.4 Å². The van der Waals surface area contributed by atoms with Crippen LogP contribution in [0.4, 0.5) is 3.89 Å². The number of nitrogens with zero attached hydrogens (tertiary/aromatic N) is 2. The highest BCUT2D eigenvalue weighted by molar-refractivity contribution is 7.83. The normalized spacial score (nSPS) is 11.5. The van der Waals surface area contributed by atoms with E-state index >= 15 is 0 Å². The van der Waals surface area contributed by atoms with E-state index in [9.17, 15) is 12.3 Å². The van der Waals surface area contributed by atoms with E-state index in [1.807, 2.05) is 6.92 Å². The van der Waals surface area contributed by atoms with Gasteiger partial charge in [0.05, 0.1) is 6.07 Å². The minimum atomic E-state index is -4.63. The maximum atomic E-state index is 12.5. The Kier molecular flexibility index (Phi) is 5.58. The molecule has 6 heteroatoms. The summed E-state index contributed by atoms with van der Waals surface area (Å²) in [5, 5.41) is 8.21. The lowest BCUT2D eigenvalue weighted by molar-refractivity contribution is 0.383. The standard InChI is InChI=1S/C7H13FN2O2S/c1-2-3-6-10(7-4-5-9)13(8,11)12/h2-4,6-7H2,1H3. The molecular weight excluding hydrogens is 195 g/mol. The molecule has 0 aliphatic heterocycles. The smallest absolute Gasteiger partial charge is 0.198 e. The van der Waals surface area contributed by atoms with Crippen molar-refractivity contribution >= 4 is 10.4 Å². The van der Waals surface area contributed by atoms with Gasteiger partial charge < -0.3 is 0 Å². The number of halogens is 1. The first kappa shape index (κ1) is 12.3. The summed E-state index contributed by atoms with van der Waals surface area (Å²) in [5.41, 5.74) is 0. The molecule has 0 aromatic heterocycles. The van der Waals surface area contributed by atoms with E-state index in [4.69, 9.17) is 5.26 Å². The van der Waals surface area contributed by atoms with E-state index in [1.54, 1.807) is 6.07 Å². The molecule has 0 unspecified atom stereocenters. The van der Waals surface area contributed by atoms with Gasteiger partial charge in [-0.2, -0.15) is 18.0 Å². The molecule has 0 rings (SSSR count). The second-order valence-corrected chi connectivity index (χ2v) is 3.94. The zero-order valence-electron chi connectivity index (χ0n) is 7.53. The lowest BCUT2D eigenvalue weighted by Crippen LogP contribution is -2.29. The summed E-state index contributed by atoms with van der Waals surface area (Å²) in [6.07, 6.45) is 1.42. The summed E-state index contributed by atoms with van der Waals surface area (Å²) >= 11 is 0. The molecular formula is C7H13FN2O2S. The van der Waals surface area contributed by atoms with E-state index in [-0.39, 0.29) is 19.5 Å². The van der Waals surface area contributed by atoms with Crippen LogP contribution in [0.1, 0.15) is 26.2 Å². The van der Waals surface area contributed by atoms with Crippen molar-refractivity contribution in [2.24, 2.45) is 0 Å². The minimum absolute atomic E-state index is 0.0207. The number of hydrogen-bond acceptors (Lipinski definition) is 3. The monoisotopic (exact) mass is 208 g/mol.